The Hall–Kier alpha value is -2.17. The van der Waals surface area contributed by atoms with E-state index in [4.69, 9.17) is 10.6 Å². The van der Waals surface area contributed by atoms with E-state index in [-0.39, 0.29) is 5.91 Å². The fraction of sp³-hybridized carbons (Fsp3) is 0.400. The number of hydrogen-bond donors (Lipinski definition) is 2. The Labute approximate surface area is 118 Å². The zero-order chi connectivity index (χ0) is 14.5. The van der Waals surface area contributed by atoms with Gasteiger partial charge in [0.1, 0.15) is 5.75 Å². The number of carbonyl (C=O) groups excluding carboxylic acids is 1. The molecule has 2 rings (SSSR count). The van der Waals surface area contributed by atoms with Gasteiger partial charge in [-0.05, 0) is 36.6 Å². The average Bonchev–Trinajstić information content (AvgIpc) is 2.75. The Morgan fingerprint density at radius 3 is 2.95 bits per heavy atom. The molecule has 2 aromatic rings. The molecule has 0 radical (unpaired) electrons. The van der Waals surface area contributed by atoms with Crippen LogP contribution in [0.5, 0.6) is 5.75 Å². The molecule has 3 N–H and O–H groups in total. The Morgan fingerprint density at radius 1 is 1.45 bits per heavy atom. The monoisotopic (exact) mass is 275 g/mol. The minimum Gasteiger partial charge on any atom is -0.497 e. The maximum atomic E-state index is 11.4. The van der Waals surface area contributed by atoms with E-state index in [1.165, 1.54) is 0 Å². The molecule has 0 aliphatic rings. The molecule has 1 amide bonds. The summed E-state index contributed by atoms with van der Waals surface area (Å²) in [7, 11) is 1.64. The summed E-state index contributed by atoms with van der Waals surface area (Å²) in [5, 5.41) is 3.98. The number of nitrogens with two attached hydrogens (primary N) is 1. The number of nitrogens with zero attached hydrogens (tertiary/aromatic N) is 1. The summed E-state index contributed by atoms with van der Waals surface area (Å²) >= 11 is 0. The Balaban J connectivity index is 2.11. The van der Waals surface area contributed by atoms with Gasteiger partial charge in [0, 0.05) is 24.5 Å². The molecule has 1 aromatic carbocycles. The van der Waals surface area contributed by atoms with Crippen LogP contribution in [0.3, 0.4) is 0 Å². The van der Waals surface area contributed by atoms with Gasteiger partial charge in [0.2, 0.25) is 5.91 Å². The molecule has 0 aliphatic heterocycles. The third-order valence-electron chi connectivity index (χ3n) is 3.32. The summed E-state index contributed by atoms with van der Waals surface area (Å²) in [6, 6.07) is 5.80. The van der Waals surface area contributed by atoms with Crippen LogP contribution >= 0.6 is 0 Å². The Kier molecular flexibility index (Phi) is 4.50. The zero-order valence-corrected chi connectivity index (χ0v) is 12.0. The molecule has 0 saturated heterocycles. The van der Waals surface area contributed by atoms with E-state index in [2.05, 4.69) is 5.32 Å². The van der Waals surface area contributed by atoms with Crippen molar-refractivity contribution in [3.63, 3.8) is 0 Å². The van der Waals surface area contributed by atoms with Crippen molar-refractivity contribution in [2.75, 3.05) is 19.5 Å². The first kappa shape index (κ1) is 14.2. The lowest BCUT2D eigenvalue weighted by atomic mass is 10.1. The minimum absolute atomic E-state index is 0.0987. The van der Waals surface area contributed by atoms with Gasteiger partial charge in [-0.2, -0.15) is 0 Å². The highest BCUT2D eigenvalue weighted by molar-refractivity contribution is 5.85. The lowest BCUT2D eigenvalue weighted by Gasteiger charge is -2.04. The van der Waals surface area contributed by atoms with Crippen LogP contribution < -0.4 is 15.9 Å². The fourth-order valence-corrected chi connectivity index (χ4v) is 2.28. The number of carbonyl (C=O) groups is 1. The molecule has 1 aromatic heterocycles. The molecule has 20 heavy (non-hydrogen) atoms. The maximum Gasteiger partial charge on any atom is 0.219 e. The smallest absolute Gasteiger partial charge is 0.219 e. The van der Waals surface area contributed by atoms with Crippen molar-refractivity contribution in [1.82, 2.24) is 9.99 Å². The molecular formula is C15H21N3O2. The van der Waals surface area contributed by atoms with Crippen LogP contribution in [0, 0.1) is 0 Å². The summed E-state index contributed by atoms with van der Waals surface area (Å²) < 4.78 is 6.85. The summed E-state index contributed by atoms with van der Waals surface area (Å²) in [5.74, 6) is 6.84. The van der Waals surface area contributed by atoms with Crippen molar-refractivity contribution >= 4 is 16.8 Å². The molecule has 0 unspecified atom stereocenters. The number of nitrogen functional groups attached to an aromatic ring is 1. The fourth-order valence-electron chi connectivity index (χ4n) is 2.28. The standard InChI is InChI=1S/C15H21N3O2/c1-3-4-15(19)17-8-7-11-10-18(16)14-6-5-12(20-2)9-13(11)14/h5-6,9-10H,3-4,7-8,16H2,1-2H3,(H,17,19). The van der Waals surface area contributed by atoms with E-state index in [1.54, 1.807) is 11.8 Å². The second kappa shape index (κ2) is 6.32. The van der Waals surface area contributed by atoms with Gasteiger partial charge >= 0.3 is 0 Å². The summed E-state index contributed by atoms with van der Waals surface area (Å²) in [5.41, 5.74) is 2.07. The predicted octanol–water partition coefficient (Wildman–Crippen LogP) is 1.82. The van der Waals surface area contributed by atoms with Gasteiger partial charge in [0.25, 0.3) is 0 Å². The molecule has 5 heteroatoms. The highest BCUT2D eigenvalue weighted by atomic mass is 16.5. The number of nitrogens with one attached hydrogen (secondary N) is 1. The summed E-state index contributed by atoms with van der Waals surface area (Å²) in [6.07, 6.45) is 4.09. The highest BCUT2D eigenvalue weighted by Crippen LogP contribution is 2.24. The second-order valence-corrected chi connectivity index (χ2v) is 4.79. The zero-order valence-electron chi connectivity index (χ0n) is 12.0. The van der Waals surface area contributed by atoms with E-state index in [1.807, 2.05) is 31.3 Å². The molecule has 0 atom stereocenters. The third-order valence-corrected chi connectivity index (χ3v) is 3.32. The number of rotatable bonds is 6. The quantitative estimate of drug-likeness (QED) is 0.790. The predicted molar refractivity (Wildman–Crippen MR) is 80.3 cm³/mol. The van der Waals surface area contributed by atoms with Crippen LogP contribution in [-0.2, 0) is 11.2 Å². The van der Waals surface area contributed by atoms with E-state index in [9.17, 15) is 4.79 Å². The van der Waals surface area contributed by atoms with Crippen molar-refractivity contribution in [3.05, 3.63) is 30.0 Å². The Morgan fingerprint density at radius 2 is 2.25 bits per heavy atom. The molecule has 1 heterocycles. The van der Waals surface area contributed by atoms with Crippen LogP contribution in [-0.4, -0.2) is 24.2 Å². The van der Waals surface area contributed by atoms with E-state index in [0.717, 1.165) is 35.1 Å². The van der Waals surface area contributed by atoms with Gasteiger partial charge in [-0.25, -0.2) is 0 Å². The van der Waals surface area contributed by atoms with Crippen molar-refractivity contribution in [2.45, 2.75) is 26.2 Å². The molecular weight excluding hydrogens is 254 g/mol. The van der Waals surface area contributed by atoms with Crippen LogP contribution in [0.2, 0.25) is 0 Å². The van der Waals surface area contributed by atoms with E-state index >= 15 is 0 Å². The van der Waals surface area contributed by atoms with Crippen molar-refractivity contribution in [3.8, 4) is 5.75 Å². The molecule has 0 aliphatic carbocycles. The van der Waals surface area contributed by atoms with Gasteiger partial charge in [0.15, 0.2) is 0 Å². The molecule has 0 saturated carbocycles. The van der Waals surface area contributed by atoms with Gasteiger partial charge in [0.05, 0.1) is 12.6 Å². The molecule has 108 valence electrons. The highest BCUT2D eigenvalue weighted by Gasteiger charge is 2.08. The Bertz CT molecular complexity index is 604. The lowest BCUT2D eigenvalue weighted by Crippen LogP contribution is -2.25. The van der Waals surface area contributed by atoms with Crippen LogP contribution in [0.15, 0.2) is 24.4 Å². The summed E-state index contributed by atoms with van der Waals surface area (Å²) in [6.45, 7) is 2.61. The SMILES string of the molecule is CCCC(=O)NCCc1cn(N)c2ccc(OC)cc12. The molecule has 0 spiro atoms. The number of ether oxygens (including phenoxy) is 1. The number of fused-ring (bicyclic) bond motifs is 1. The van der Waals surface area contributed by atoms with Crippen LogP contribution in [0.1, 0.15) is 25.3 Å². The number of benzene rings is 1. The minimum atomic E-state index is 0.0987. The lowest BCUT2D eigenvalue weighted by molar-refractivity contribution is -0.121. The van der Waals surface area contributed by atoms with Crippen LogP contribution in [0.25, 0.3) is 10.9 Å². The van der Waals surface area contributed by atoms with E-state index < -0.39 is 0 Å². The van der Waals surface area contributed by atoms with E-state index in [0.29, 0.717) is 13.0 Å². The second-order valence-electron chi connectivity index (χ2n) is 4.79. The summed E-state index contributed by atoms with van der Waals surface area (Å²) in [4.78, 5) is 11.4. The largest absolute Gasteiger partial charge is 0.497 e. The molecule has 0 bridgehead atoms. The number of methoxy groups -OCH3 is 1. The van der Waals surface area contributed by atoms with Crippen molar-refractivity contribution in [1.29, 1.82) is 0 Å². The molecule has 0 fully saturated rings. The number of amides is 1. The van der Waals surface area contributed by atoms with Crippen molar-refractivity contribution in [2.24, 2.45) is 0 Å². The van der Waals surface area contributed by atoms with Crippen molar-refractivity contribution < 1.29 is 9.53 Å². The van der Waals surface area contributed by atoms with Gasteiger partial charge in [-0.15, -0.1) is 0 Å². The maximum absolute atomic E-state index is 11.4. The normalized spacial score (nSPS) is 10.7. The number of hydrogen-bond acceptors (Lipinski definition) is 3. The van der Waals surface area contributed by atoms with Gasteiger partial charge in [-0.1, -0.05) is 6.92 Å². The van der Waals surface area contributed by atoms with Crippen LogP contribution in [0.4, 0.5) is 0 Å². The third kappa shape index (κ3) is 3.04. The van der Waals surface area contributed by atoms with Gasteiger partial charge < -0.3 is 15.9 Å². The molecule has 5 nitrogen and oxygen atoms in total. The first-order valence-electron chi connectivity index (χ1n) is 6.85. The van der Waals surface area contributed by atoms with Gasteiger partial charge in [-0.3, -0.25) is 9.47 Å². The first-order valence-corrected chi connectivity index (χ1v) is 6.85. The topological polar surface area (TPSA) is 69.3 Å². The first-order chi connectivity index (χ1) is 9.65. The average molecular weight is 275 g/mol. The number of aromatic nitrogens is 1.